The number of hydrogen-bond acceptors (Lipinski definition) is 3. The first-order valence-electron chi connectivity index (χ1n) is 6.67. The number of ether oxygens (including phenoxy) is 1. The molecule has 1 aromatic heterocycles. The summed E-state index contributed by atoms with van der Waals surface area (Å²) in [5, 5.41) is 3.51. The predicted molar refractivity (Wildman–Crippen MR) is 84.0 cm³/mol. The van der Waals surface area contributed by atoms with E-state index in [0.717, 1.165) is 23.2 Å². The van der Waals surface area contributed by atoms with Crippen molar-refractivity contribution in [3.8, 4) is 5.75 Å². The van der Waals surface area contributed by atoms with Crippen LogP contribution in [0.1, 0.15) is 24.2 Å². The lowest BCUT2D eigenvalue weighted by molar-refractivity contribution is 0.404. The molecule has 4 nitrogen and oxygen atoms in total. The number of benzene rings is 1. The maximum Gasteiger partial charge on any atom is 0.122 e. The summed E-state index contributed by atoms with van der Waals surface area (Å²) in [6.45, 7) is 3.02. The Bertz CT molecular complexity index is 568. The normalized spacial score (nSPS) is 12.4. The van der Waals surface area contributed by atoms with Gasteiger partial charge in [0.25, 0.3) is 0 Å². The first-order valence-corrected chi connectivity index (χ1v) is 7.47. The number of likely N-dealkylation sites (N-methyl/N-ethyl adjacent to an activating group) is 1. The summed E-state index contributed by atoms with van der Waals surface area (Å²) >= 11 is 3.52. The van der Waals surface area contributed by atoms with Crippen molar-refractivity contribution >= 4 is 15.9 Å². The summed E-state index contributed by atoms with van der Waals surface area (Å²) in [6, 6.07) is 6.32. The second kappa shape index (κ2) is 6.90. The van der Waals surface area contributed by atoms with E-state index in [2.05, 4.69) is 43.8 Å². The molecule has 0 saturated carbocycles. The zero-order chi connectivity index (χ0) is 14.5. The molecular formula is C15H20BrN3O. The van der Waals surface area contributed by atoms with Crippen LogP contribution in [0.5, 0.6) is 5.75 Å². The van der Waals surface area contributed by atoms with Crippen molar-refractivity contribution in [3.63, 3.8) is 0 Å². The van der Waals surface area contributed by atoms with Gasteiger partial charge in [-0.25, -0.2) is 4.98 Å². The number of halogens is 1. The minimum absolute atomic E-state index is 0.218. The maximum atomic E-state index is 5.46. The molecule has 0 spiro atoms. The molecule has 0 amide bonds. The van der Waals surface area contributed by atoms with E-state index in [4.69, 9.17) is 4.74 Å². The van der Waals surface area contributed by atoms with E-state index in [0.29, 0.717) is 0 Å². The number of rotatable bonds is 6. The van der Waals surface area contributed by atoms with Crippen molar-refractivity contribution < 1.29 is 4.74 Å². The Kier molecular flexibility index (Phi) is 5.20. The highest BCUT2D eigenvalue weighted by Gasteiger charge is 2.17. The first-order chi connectivity index (χ1) is 9.65. The SMILES string of the molecule is CCNC(Cc1cc(Br)ccc1OC)c1cncn1C. The molecule has 0 fully saturated rings. The molecule has 1 heterocycles. The van der Waals surface area contributed by atoms with Gasteiger partial charge in [0, 0.05) is 17.7 Å². The highest BCUT2D eigenvalue weighted by Crippen LogP contribution is 2.27. The zero-order valence-corrected chi connectivity index (χ0v) is 13.6. The molecule has 1 N–H and O–H groups in total. The summed E-state index contributed by atoms with van der Waals surface area (Å²) in [4.78, 5) is 4.21. The Morgan fingerprint density at radius 3 is 2.85 bits per heavy atom. The summed E-state index contributed by atoms with van der Waals surface area (Å²) in [5.74, 6) is 0.915. The third kappa shape index (κ3) is 3.41. The Hall–Kier alpha value is -1.33. The van der Waals surface area contributed by atoms with Gasteiger partial charge in [-0.1, -0.05) is 22.9 Å². The number of nitrogens with zero attached hydrogens (tertiary/aromatic N) is 2. The summed E-state index contributed by atoms with van der Waals surface area (Å²) < 4.78 is 8.57. The quantitative estimate of drug-likeness (QED) is 0.880. The fourth-order valence-electron chi connectivity index (χ4n) is 2.36. The summed E-state index contributed by atoms with van der Waals surface area (Å²) in [7, 11) is 3.73. The van der Waals surface area contributed by atoms with Crippen LogP contribution in [0.4, 0.5) is 0 Å². The molecule has 1 unspecified atom stereocenters. The van der Waals surface area contributed by atoms with Crippen molar-refractivity contribution in [2.75, 3.05) is 13.7 Å². The lowest BCUT2D eigenvalue weighted by Crippen LogP contribution is -2.25. The van der Waals surface area contributed by atoms with Crippen LogP contribution < -0.4 is 10.1 Å². The number of aryl methyl sites for hydroxylation is 1. The molecule has 1 aromatic carbocycles. The fraction of sp³-hybridized carbons (Fsp3) is 0.400. The minimum atomic E-state index is 0.218. The van der Waals surface area contributed by atoms with Crippen LogP contribution in [0.3, 0.4) is 0 Å². The van der Waals surface area contributed by atoms with Gasteiger partial charge in [-0.15, -0.1) is 0 Å². The third-order valence-corrected chi connectivity index (χ3v) is 3.82. The zero-order valence-electron chi connectivity index (χ0n) is 12.1. The van der Waals surface area contributed by atoms with Gasteiger partial charge in [-0.05, 0) is 36.7 Å². The average molecular weight is 338 g/mol. The number of hydrogen-bond donors (Lipinski definition) is 1. The summed E-state index contributed by atoms with van der Waals surface area (Å²) in [5.41, 5.74) is 2.35. The van der Waals surface area contributed by atoms with E-state index < -0.39 is 0 Å². The van der Waals surface area contributed by atoms with Crippen molar-refractivity contribution in [3.05, 3.63) is 46.5 Å². The molecule has 0 aliphatic carbocycles. The van der Waals surface area contributed by atoms with E-state index in [1.165, 1.54) is 11.3 Å². The lowest BCUT2D eigenvalue weighted by Gasteiger charge is -2.20. The van der Waals surface area contributed by atoms with Gasteiger partial charge >= 0.3 is 0 Å². The maximum absolute atomic E-state index is 5.46. The van der Waals surface area contributed by atoms with E-state index in [9.17, 15) is 0 Å². The highest BCUT2D eigenvalue weighted by atomic mass is 79.9. The molecule has 0 aliphatic rings. The molecule has 0 radical (unpaired) electrons. The molecule has 0 saturated heterocycles. The van der Waals surface area contributed by atoms with Gasteiger partial charge in [0.2, 0.25) is 0 Å². The molecule has 0 bridgehead atoms. The average Bonchev–Trinajstić information content (AvgIpc) is 2.85. The second-order valence-corrected chi connectivity index (χ2v) is 5.62. The first kappa shape index (κ1) is 15.1. The van der Waals surface area contributed by atoms with Gasteiger partial charge < -0.3 is 14.6 Å². The van der Waals surface area contributed by atoms with Crippen LogP contribution in [0.2, 0.25) is 0 Å². The van der Waals surface area contributed by atoms with Gasteiger partial charge in [0.1, 0.15) is 5.75 Å². The van der Waals surface area contributed by atoms with Crippen molar-refractivity contribution in [2.24, 2.45) is 7.05 Å². The Morgan fingerprint density at radius 2 is 2.25 bits per heavy atom. The van der Waals surface area contributed by atoms with E-state index in [1.807, 2.05) is 31.7 Å². The van der Waals surface area contributed by atoms with Gasteiger partial charge in [-0.2, -0.15) is 0 Å². The number of methoxy groups -OCH3 is 1. The molecule has 20 heavy (non-hydrogen) atoms. The number of imidazole rings is 1. The van der Waals surface area contributed by atoms with Gasteiger partial charge in [0.15, 0.2) is 0 Å². The fourth-order valence-corrected chi connectivity index (χ4v) is 2.77. The van der Waals surface area contributed by atoms with Crippen LogP contribution in [0.15, 0.2) is 35.2 Å². The minimum Gasteiger partial charge on any atom is -0.496 e. The molecular weight excluding hydrogens is 318 g/mol. The second-order valence-electron chi connectivity index (χ2n) is 4.70. The van der Waals surface area contributed by atoms with Crippen molar-refractivity contribution in [1.82, 2.24) is 14.9 Å². The van der Waals surface area contributed by atoms with E-state index in [1.54, 1.807) is 7.11 Å². The van der Waals surface area contributed by atoms with E-state index in [-0.39, 0.29) is 6.04 Å². The predicted octanol–water partition coefficient (Wildman–Crippen LogP) is 3.08. The number of nitrogens with one attached hydrogen (secondary N) is 1. The van der Waals surface area contributed by atoms with Crippen LogP contribution in [-0.2, 0) is 13.5 Å². The van der Waals surface area contributed by atoms with Crippen LogP contribution in [0.25, 0.3) is 0 Å². The van der Waals surface area contributed by atoms with Gasteiger partial charge in [0.05, 0.1) is 25.2 Å². The van der Waals surface area contributed by atoms with Crippen molar-refractivity contribution in [1.29, 1.82) is 0 Å². The summed E-state index contributed by atoms with van der Waals surface area (Å²) in [6.07, 6.45) is 4.60. The molecule has 108 valence electrons. The van der Waals surface area contributed by atoms with Gasteiger partial charge in [-0.3, -0.25) is 0 Å². The Balaban J connectivity index is 2.29. The van der Waals surface area contributed by atoms with Crippen molar-refractivity contribution in [2.45, 2.75) is 19.4 Å². The highest BCUT2D eigenvalue weighted by molar-refractivity contribution is 9.10. The lowest BCUT2D eigenvalue weighted by atomic mass is 10.0. The Labute approximate surface area is 128 Å². The number of aromatic nitrogens is 2. The third-order valence-electron chi connectivity index (χ3n) is 3.33. The monoisotopic (exact) mass is 337 g/mol. The smallest absolute Gasteiger partial charge is 0.122 e. The van der Waals surface area contributed by atoms with Crippen LogP contribution in [0, 0.1) is 0 Å². The molecule has 5 heteroatoms. The van der Waals surface area contributed by atoms with E-state index >= 15 is 0 Å². The topological polar surface area (TPSA) is 39.1 Å². The largest absolute Gasteiger partial charge is 0.496 e. The Morgan fingerprint density at radius 1 is 1.45 bits per heavy atom. The molecule has 0 aliphatic heterocycles. The molecule has 2 rings (SSSR count). The molecule has 1 atom stereocenters. The molecule has 2 aromatic rings. The van der Waals surface area contributed by atoms with Crippen LogP contribution >= 0.6 is 15.9 Å². The van der Waals surface area contributed by atoms with Crippen LogP contribution in [-0.4, -0.2) is 23.2 Å². The standard InChI is InChI=1S/C15H20BrN3O/c1-4-18-13(14-9-17-10-19(14)2)8-11-7-12(16)5-6-15(11)20-3/h5-7,9-10,13,18H,4,8H2,1-3H3.